The molecule has 72 valence electrons. The van der Waals surface area contributed by atoms with E-state index >= 15 is 0 Å². The van der Waals surface area contributed by atoms with Crippen LogP contribution >= 0.6 is 11.3 Å². The van der Waals surface area contributed by atoms with Gasteiger partial charge in [-0.3, -0.25) is 0 Å². The molecular weight excluding hydrogens is 200 g/mol. The van der Waals surface area contributed by atoms with Gasteiger partial charge < -0.3 is 0 Å². The van der Waals surface area contributed by atoms with Crippen molar-refractivity contribution >= 4 is 17.4 Å². The van der Waals surface area contributed by atoms with Gasteiger partial charge in [0.15, 0.2) is 0 Å². The van der Waals surface area contributed by atoms with E-state index in [9.17, 15) is 0 Å². The summed E-state index contributed by atoms with van der Waals surface area (Å²) in [4.78, 5) is 1.10. The van der Waals surface area contributed by atoms with E-state index in [1.54, 1.807) is 11.3 Å². The number of allylic oxidation sites excluding steroid dienone is 1. The quantitative estimate of drug-likeness (QED) is 0.628. The maximum Gasteiger partial charge on any atom is 0.0771 e. The standard InChI is InChI=1S/C14H10S/c1-2-7-13(8-3-1)9-4-5-10-14-11-6-12-15-14/h1-4,6-9,11-12H/b9-4+. The summed E-state index contributed by atoms with van der Waals surface area (Å²) < 4.78 is 0. The van der Waals surface area contributed by atoms with E-state index in [0.717, 1.165) is 4.88 Å². The molecule has 0 nitrogen and oxygen atoms in total. The maximum absolute atomic E-state index is 3.08. The van der Waals surface area contributed by atoms with Gasteiger partial charge in [0.1, 0.15) is 0 Å². The molecule has 0 amide bonds. The summed E-state index contributed by atoms with van der Waals surface area (Å²) >= 11 is 1.66. The van der Waals surface area contributed by atoms with E-state index in [-0.39, 0.29) is 0 Å². The van der Waals surface area contributed by atoms with Crippen molar-refractivity contribution in [3.8, 4) is 11.8 Å². The predicted molar refractivity (Wildman–Crippen MR) is 66.7 cm³/mol. The highest BCUT2D eigenvalue weighted by Crippen LogP contribution is 2.05. The molecule has 1 aromatic carbocycles. The molecule has 0 radical (unpaired) electrons. The molecule has 0 aliphatic carbocycles. The first-order chi connectivity index (χ1) is 7.45. The summed E-state index contributed by atoms with van der Waals surface area (Å²) in [5.74, 6) is 6.09. The number of rotatable bonds is 1. The Morgan fingerprint density at radius 1 is 1.00 bits per heavy atom. The first-order valence-electron chi connectivity index (χ1n) is 4.72. The first kappa shape index (κ1) is 9.76. The molecule has 0 spiro atoms. The van der Waals surface area contributed by atoms with Gasteiger partial charge in [-0.2, -0.15) is 0 Å². The van der Waals surface area contributed by atoms with Gasteiger partial charge in [0, 0.05) is 0 Å². The van der Waals surface area contributed by atoms with Crippen molar-refractivity contribution in [2.75, 3.05) is 0 Å². The smallest absolute Gasteiger partial charge is 0.0771 e. The third-order valence-electron chi connectivity index (χ3n) is 1.88. The van der Waals surface area contributed by atoms with Crippen LogP contribution < -0.4 is 0 Å². The molecule has 15 heavy (non-hydrogen) atoms. The van der Waals surface area contributed by atoms with Crippen LogP contribution in [0.1, 0.15) is 10.4 Å². The van der Waals surface area contributed by atoms with Crippen molar-refractivity contribution in [3.05, 3.63) is 64.4 Å². The topological polar surface area (TPSA) is 0 Å². The molecule has 0 unspecified atom stereocenters. The average Bonchev–Trinajstić information content (AvgIpc) is 2.79. The molecule has 0 N–H and O–H groups in total. The lowest BCUT2D eigenvalue weighted by Crippen LogP contribution is -1.66. The molecule has 0 bridgehead atoms. The van der Waals surface area contributed by atoms with Crippen molar-refractivity contribution in [1.29, 1.82) is 0 Å². The van der Waals surface area contributed by atoms with E-state index in [2.05, 4.69) is 24.0 Å². The second kappa shape index (κ2) is 5.19. The van der Waals surface area contributed by atoms with Gasteiger partial charge in [0.25, 0.3) is 0 Å². The van der Waals surface area contributed by atoms with Crippen LogP contribution in [-0.2, 0) is 0 Å². The van der Waals surface area contributed by atoms with Crippen molar-refractivity contribution in [3.63, 3.8) is 0 Å². The summed E-state index contributed by atoms with van der Waals surface area (Å²) in [6.07, 6.45) is 3.90. The highest BCUT2D eigenvalue weighted by atomic mass is 32.1. The SMILES string of the molecule is C(#Cc1cccs1)/C=C/c1ccccc1. The zero-order valence-corrected chi connectivity index (χ0v) is 9.00. The minimum atomic E-state index is 1.10. The van der Waals surface area contributed by atoms with Crippen LogP contribution in [0.3, 0.4) is 0 Å². The largest absolute Gasteiger partial charge is 0.135 e. The molecule has 2 aromatic rings. The van der Waals surface area contributed by atoms with Crippen LogP contribution in [0.4, 0.5) is 0 Å². The Balaban J connectivity index is 2.02. The lowest BCUT2D eigenvalue weighted by Gasteiger charge is -1.87. The third kappa shape index (κ3) is 3.12. The minimum Gasteiger partial charge on any atom is -0.135 e. The Labute approximate surface area is 93.9 Å². The first-order valence-corrected chi connectivity index (χ1v) is 5.60. The Bertz CT molecular complexity index is 481. The van der Waals surface area contributed by atoms with Gasteiger partial charge >= 0.3 is 0 Å². The van der Waals surface area contributed by atoms with Crippen LogP contribution in [0.5, 0.6) is 0 Å². The summed E-state index contributed by atoms with van der Waals surface area (Å²) in [6.45, 7) is 0. The van der Waals surface area contributed by atoms with Gasteiger partial charge in [-0.15, -0.1) is 11.3 Å². The van der Waals surface area contributed by atoms with Crippen LogP contribution in [0.15, 0.2) is 53.9 Å². The van der Waals surface area contributed by atoms with E-state index in [0.29, 0.717) is 0 Å². The molecule has 1 aromatic heterocycles. The zero-order valence-electron chi connectivity index (χ0n) is 8.18. The van der Waals surface area contributed by atoms with Crippen LogP contribution in [-0.4, -0.2) is 0 Å². The van der Waals surface area contributed by atoms with Crippen LogP contribution in [0, 0.1) is 11.8 Å². The van der Waals surface area contributed by atoms with Gasteiger partial charge in [-0.1, -0.05) is 48.2 Å². The lowest BCUT2D eigenvalue weighted by molar-refractivity contribution is 1.66. The second-order valence-corrected chi connectivity index (χ2v) is 3.94. The highest BCUT2D eigenvalue weighted by Gasteiger charge is 1.82. The third-order valence-corrected chi connectivity index (χ3v) is 2.66. The fourth-order valence-electron chi connectivity index (χ4n) is 1.16. The number of hydrogen-bond acceptors (Lipinski definition) is 1. The van der Waals surface area contributed by atoms with Crippen molar-refractivity contribution < 1.29 is 0 Å². The molecule has 1 heterocycles. The molecule has 1 heteroatoms. The highest BCUT2D eigenvalue weighted by molar-refractivity contribution is 7.10. The zero-order chi connectivity index (χ0) is 10.3. The molecule has 0 aliphatic heterocycles. The second-order valence-electron chi connectivity index (χ2n) is 2.99. The van der Waals surface area contributed by atoms with Gasteiger partial charge in [0.05, 0.1) is 4.88 Å². The van der Waals surface area contributed by atoms with E-state index in [4.69, 9.17) is 0 Å². The Morgan fingerprint density at radius 2 is 1.87 bits per heavy atom. The fraction of sp³-hybridized carbons (Fsp3) is 0. The van der Waals surface area contributed by atoms with E-state index < -0.39 is 0 Å². The summed E-state index contributed by atoms with van der Waals surface area (Å²) in [6, 6.07) is 14.2. The van der Waals surface area contributed by atoms with Crippen molar-refractivity contribution in [2.24, 2.45) is 0 Å². The van der Waals surface area contributed by atoms with Crippen molar-refractivity contribution in [2.45, 2.75) is 0 Å². The predicted octanol–water partition coefficient (Wildman–Crippen LogP) is 3.81. The summed E-state index contributed by atoms with van der Waals surface area (Å²) in [5, 5.41) is 2.03. The van der Waals surface area contributed by atoms with Crippen molar-refractivity contribution in [1.82, 2.24) is 0 Å². The van der Waals surface area contributed by atoms with Gasteiger partial charge in [-0.05, 0) is 29.2 Å². The normalized spacial score (nSPS) is 9.87. The van der Waals surface area contributed by atoms with Crippen LogP contribution in [0.25, 0.3) is 6.08 Å². The molecule has 0 fully saturated rings. The summed E-state index contributed by atoms with van der Waals surface area (Å²) in [5.41, 5.74) is 1.18. The Morgan fingerprint density at radius 3 is 2.60 bits per heavy atom. The molecule has 0 saturated carbocycles. The maximum atomic E-state index is 3.08. The van der Waals surface area contributed by atoms with Gasteiger partial charge in [0.2, 0.25) is 0 Å². The fourth-order valence-corrected chi connectivity index (χ4v) is 1.74. The Hall–Kier alpha value is -1.78. The molecule has 0 saturated heterocycles. The van der Waals surface area contributed by atoms with Crippen LogP contribution in [0.2, 0.25) is 0 Å². The minimum absolute atomic E-state index is 1.10. The number of hydrogen-bond donors (Lipinski definition) is 0. The van der Waals surface area contributed by atoms with Gasteiger partial charge in [-0.25, -0.2) is 0 Å². The number of thiophene rings is 1. The lowest BCUT2D eigenvalue weighted by atomic mass is 10.2. The molecule has 0 aliphatic rings. The summed E-state index contributed by atoms with van der Waals surface area (Å²) in [7, 11) is 0. The monoisotopic (exact) mass is 210 g/mol. The Kier molecular flexibility index (Phi) is 3.38. The molecule has 0 atom stereocenters. The molecular formula is C14H10S. The van der Waals surface area contributed by atoms with E-state index in [1.165, 1.54) is 5.56 Å². The average molecular weight is 210 g/mol. The van der Waals surface area contributed by atoms with E-state index in [1.807, 2.05) is 47.9 Å². The molecule has 2 rings (SSSR count). The number of benzene rings is 1.